The summed E-state index contributed by atoms with van der Waals surface area (Å²) in [5.74, 6) is -0.708. The summed E-state index contributed by atoms with van der Waals surface area (Å²) in [6, 6.07) is 24.4. The van der Waals surface area contributed by atoms with E-state index in [-0.39, 0.29) is 23.9 Å². The second kappa shape index (κ2) is 9.85. The van der Waals surface area contributed by atoms with Gasteiger partial charge in [0.05, 0.1) is 4.91 Å². The molecule has 4 rings (SSSR count). The summed E-state index contributed by atoms with van der Waals surface area (Å²) < 4.78 is 14.0. The molecule has 0 unspecified atom stereocenters. The Morgan fingerprint density at radius 1 is 0.875 bits per heavy atom. The number of benzene rings is 3. The molecule has 0 bridgehead atoms. The summed E-state index contributed by atoms with van der Waals surface area (Å²) in [7, 11) is 0. The summed E-state index contributed by atoms with van der Waals surface area (Å²) in [6.07, 6.45) is 1.93. The molecule has 1 saturated heterocycles. The second-order valence-electron chi connectivity index (χ2n) is 7.09. The zero-order chi connectivity index (χ0) is 22.5. The van der Waals surface area contributed by atoms with Crippen LogP contribution in [-0.4, -0.2) is 16.0 Å². The highest BCUT2D eigenvalue weighted by molar-refractivity contribution is 8.26. The smallest absolute Gasteiger partial charge is 0.264 e. The van der Waals surface area contributed by atoms with Crippen molar-refractivity contribution < 1.29 is 14.0 Å². The van der Waals surface area contributed by atoms with Gasteiger partial charge in [0.15, 0.2) is 5.78 Å². The largest absolute Gasteiger partial charge is 0.307 e. The molecule has 0 radical (unpaired) electrons. The van der Waals surface area contributed by atoms with E-state index in [2.05, 4.69) is 5.32 Å². The molecule has 0 spiro atoms. The number of halogens is 1. The Balaban J connectivity index is 1.85. The first kappa shape index (κ1) is 21.9. The molecule has 32 heavy (non-hydrogen) atoms. The molecule has 0 saturated carbocycles. The maximum Gasteiger partial charge on any atom is 0.264 e. The molecule has 1 aliphatic heterocycles. The third-order valence-electron chi connectivity index (χ3n) is 4.93. The van der Waals surface area contributed by atoms with Crippen LogP contribution in [0.3, 0.4) is 0 Å². The Bertz CT molecular complexity index is 1230. The van der Waals surface area contributed by atoms with Gasteiger partial charge in [-0.3, -0.25) is 9.59 Å². The fraction of sp³-hybridized carbons (Fsp3) is 0.0385. The van der Waals surface area contributed by atoms with E-state index < -0.39 is 0 Å². The summed E-state index contributed by atoms with van der Waals surface area (Å²) in [5, 5.41) is 2.66. The molecular weight excluding hydrogens is 441 g/mol. The summed E-state index contributed by atoms with van der Waals surface area (Å²) in [4.78, 5) is 26.1. The molecule has 1 N–H and O–H groups in total. The van der Waals surface area contributed by atoms with Crippen molar-refractivity contribution in [1.29, 1.82) is 0 Å². The molecule has 3 nitrogen and oxygen atoms in total. The predicted molar refractivity (Wildman–Crippen MR) is 131 cm³/mol. The molecular formula is C26H18FNO2S2. The van der Waals surface area contributed by atoms with Crippen LogP contribution in [0.5, 0.6) is 0 Å². The minimum absolute atomic E-state index is 0.0716. The average molecular weight is 460 g/mol. The number of nitrogens with one attached hydrogen (secondary N) is 1. The van der Waals surface area contributed by atoms with Gasteiger partial charge in [0.25, 0.3) is 5.91 Å². The number of carbonyl (C=O) groups excluding carboxylic acids is 2. The molecule has 3 aromatic carbocycles. The Kier molecular flexibility index (Phi) is 6.73. The first-order chi connectivity index (χ1) is 15.5. The number of thioether (sulfide) groups is 1. The van der Waals surface area contributed by atoms with Gasteiger partial charge >= 0.3 is 0 Å². The summed E-state index contributed by atoms with van der Waals surface area (Å²) in [5.41, 5.74) is 3.45. The Hall–Kier alpha value is -3.35. The lowest BCUT2D eigenvalue weighted by Gasteiger charge is -2.12. The van der Waals surface area contributed by atoms with Gasteiger partial charge in [0.1, 0.15) is 10.1 Å². The maximum absolute atomic E-state index is 13.6. The third kappa shape index (κ3) is 5.10. The zero-order valence-corrected chi connectivity index (χ0v) is 18.5. The first-order valence-electron chi connectivity index (χ1n) is 9.89. The van der Waals surface area contributed by atoms with Crippen LogP contribution < -0.4 is 5.32 Å². The van der Waals surface area contributed by atoms with Crippen molar-refractivity contribution in [2.45, 2.75) is 6.42 Å². The standard InChI is InChI=1S/C26H18FNO2S2/c27-21-13-11-17(12-14-21)20(16-23(29)19-9-5-2-6-10-19)15-22(18-7-3-1-4-8-18)24-25(30)28-26(31)32-24/h1-15H,16H2,(H,28,30,31)/b20-15+,24-22+. The molecule has 0 aliphatic carbocycles. The number of amides is 1. The van der Waals surface area contributed by atoms with Crippen molar-refractivity contribution in [3.8, 4) is 0 Å². The lowest BCUT2D eigenvalue weighted by atomic mass is 9.93. The number of ketones is 1. The average Bonchev–Trinajstić information content (AvgIpc) is 3.15. The van der Waals surface area contributed by atoms with Gasteiger partial charge in [-0.05, 0) is 34.9 Å². The number of hydrogen-bond acceptors (Lipinski definition) is 4. The zero-order valence-electron chi connectivity index (χ0n) is 16.9. The van der Waals surface area contributed by atoms with E-state index in [4.69, 9.17) is 12.2 Å². The van der Waals surface area contributed by atoms with Crippen molar-refractivity contribution in [1.82, 2.24) is 5.32 Å². The number of thiocarbonyl (C=S) groups is 1. The molecule has 0 aromatic heterocycles. The lowest BCUT2D eigenvalue weighted by Crippen LogP contribution is -2.18. The third-order valence-corrected chi connectivity index (χ3v) is 6.18. The number of Topliss-reactive ketones (excluding diaryl/α,β-unsaturated/α-hetero) is 1. The fourth-order valence-electron chi connectivity index (χ4n) is 3.36. The van der Waals surface area contributed by atoms with Crippen LogP contribution in [-0.2, 0) is 4.79 Å². The van der Waals surface area contributed by atoms with Crippen molar-refractivity contribution in [2.24, 2.45) is 0 Å². The predicted octanol–water partition coefficient (Wildman–Crippen LogP) is 6.04. The molecule has 6 heteroatoms. The SMILES string of the molecule is O=C1NC(=S)S/C1=C(\C=C(/CC(=O)c1ccccc1)c1ccc(F)cc1)c1ccccc1. The Morgan fingerprint density at radius 2 is 1.47 bits per heavy atom. The fourth-order valence-corrected chi connectivity index (χ4v) is 4.46. The molecule has 3 aromatic rings. The molecule has 1 heterocycles. The van der Waals surface area contributed by atoms with Crippen LogP contribution in [0, 0.1) is 5.82 Å². The molecule has 1 fully saturated rings. The minimum Gasteiger partial charge on any atom is -0.307 e. The summed E-state index contributed by atoms with van der Waals surface area (Å²) in [6.45, 7) is 0. The highest BCUT2D eigenvalue weighted by Crippen LogP contribution is 2.35. The summed E-state index contributed by atoms with van der Waals surface area (Å²) >= 11 is 6.37. The van der Waals surface area contributed by atoms with Gasteiger partial charge in [0, 0.05) is 17.6 Å². The van der Waals surface area contributed by atoms with E-state index in [1.165, 1.54) is 23.9 Å². The topological polar surface area (TPSA) is 46.2 Å². The Morgan fingerprint density at radius 3 is 2.03 bits per heavy atom. The van der Waals surface area contributed by atoms with Gasteiger partial charge in [0.2, 0.25) is 0 Å². The lowest BCUT2D eigenvalue weighted by molar-refractivity contribution is -0.115. The first-order valence-corrected chi connectivity index (χ1v) is 11.1. The maximum atomic E-state index is 13.6. The van der Waals surface area contributed by atoms with Crippen LogP contribution in [0.15, 0.2) is 95.9 Å². The van der Waals surface area contributed by atoms with E-state index in [0.717, 1.165) is 5.56 Å². The Labute approximate surface area is 195 Å². The van der Waals surface area contributed by atoms with Gasteiger partial charge in [-0.15, -0.1) is 0 Å². The van der Waals surface area contributed by atoms with Gasteiger partial charge in [-0.2, -0.15) is 0 Å². The monoisotopic (exact) mass is 459 g/mol. The molecule has 1 amide bonds. The van der Waals surface area contributed by atoms with Crippen molar-refractivity contribution >= 4 is 51.1 Å². The van der Waals surface area contributed by atoms with Crippen LogP contribution in [0.25, 0.3) is 11.1 Å². The van der Waals surface area contributed by atoms with Gasteiger partial charge < -0.3 is 5.32 Å². The number of allylic oxidation sites excluding steroid dienone is 3. The van der Waals surface area contributed by atoms with Gasteiger partial charge in [-0.1, -0.05) is 96.8 Å². The number of carbonyl (C=O) groups is 2. The van der Waals surface area contributed by atoms with E-state index in [0.29, 0.717) is 31.5 Å². The van der Waals surface area contributed by atoms with E-state index in [1.54, 1.807) is 24.3 Å². The van der Waals surface area contributed by atoms with Crippen molar-refractivity contribution in [3.05, 3.63) is 118 Å². The van der Waals surface area contributed by atoms with E-state index in [1.807, 2.05) is 54.6 Å². The number of hydrogen-bond donors (Lipinski definition) is 1. The van der Waals surface area contributed by atoms with Crippen molar-refractivity contribution in [3.63, 3.8) is 0 Å². The normalized spacial score (nSPS) is 15.5. The van der Waals surface area contributed by atoms with Crippen LogP contribution in [0.1, 0.15) is 27.9 Å². The van der Waals surface area contributed by atoms with Crippen molar-refractivity contribution in [2.75, 3.05) is 0 Å². The highest BCUT2D eigenvalue weighted by Gasteiger charge is 2.26. The van der Waals surface area contributed by atoms with Crippen LogP contribution in [0.2, 0.25) is 0 Å². The highest BCUT2D eigenvalue weighted by atomic mass is 32.2. The van der Waals surface area contributed by atoms with Crippen LogP contribution in [0.4, 0.5) is 4.39 Å². The van der Waals surface area contributed by atoms with E-state index >= 15 is 0 Å². The minimum atomic E-state index is -0.361. The molecule has 0 atom stereocenters. The van der Waals surface area contributed by atoms with Gasteiger partial charge in [-0.25, -0.2) is 4.39 Å². The quantitative estimate of drug-likeness (QED) is 0.277. The van der Waals surface area contributed by atoms with E-state index in [9.17, 15) is 14.0 Å². The number of rotatable bonds is 6. The molecule has 158 valence electrons. The second-order valence-corrected chi connectivity index (χ2v) is 8.78. The van der Waals surface area contributed by atoms with Crippen LogP contribution >= 0.6 is 24.0 Å². The molecule has 1 aliphatic rings.